The second-order valence-electron chi connectivity index (χ2n) is 1.08. The summed E-state index contributed by atoms with van der Waals surface area (Å²) in [5.74, 6) is 0. The lowest BCUT2D eigenvalue weighted by molar-refractivity contribution is 0.318. The topological polar surface area (TPSA) is 20.2 Å². The molecule has 1 nitrogen and oxygen atoms in total. The molecule has 0 atom stereocenters. The Bertz CT molecular complexity index is 14.4. The molecule has 32 valence electrons. The van der Waals surface area contributed by atoms with Crippen LogP contribution in [0.15, 0.2) is 0 Å². The van der Waals surface area contributed by atoms with Crippen molar-refractivity contribution in [1.82, 2.24) is 0 Å². The first-order chi connectivity index (χ1) is 2.41. The molecule has 0 aromatic carbocycles. The normalized spacial score (nSPS) is 10.8. The first-order valence-corrected chi connectivity index (χ1v) is 4.44. The van der Waals surface area contributed by atoms with Gasteiger partial charge in [0.1, 0.15) is 0 Å². The van der Waals surface area contributed by atoms with Gasteiger partial charge in [-0.05, 0) is 6.04 Å². The number of hydrogen-bond donors (Lipinski definition) is 1. The Hall–Kier alpha value is 0.177. The first kappa shape index (κ1) is 5.18. The largest absolute Gasteiger partial charge is 0.397 e. The van der Waals surface area contributed by atoms with Gasteiger partial charge in [-0.2, -0.15) is 0 Å². The van der Waals surface area contributed by atoms with Gasteiger partial charge in [-0.15, -0.1) is 0 Å². The number of aliphatic hydroxyl groups excluding tert-OH is 1. The van der Waals surface area contributed by atoms with Gasteiger partial charge in [-0.3, -0.25) is 0 Å². The van der Waals surface area contributed by atoms with Gasteiger partial charge in [0.05, 0.1) is 0 Å². The standard InChI is InChI=1S/C3H10OSi/c1-5-3-2-4/h4H,2-3,5H2,1H3. The molecule has 5 heavy (non-hydrogen) atoms. The minimum atomic E-state index is 0.164. The molecule has 0 aliphatic carbocycles. The zero-order valence-corrected chi connectivity index (χ0v) is 4.98. The summed E-state index contributed by atoms with van der Waals surface area (Å²) in [5.41, 5.74) is 0. The quantitative estimate of drug-likeness (QED) is 0.458. The van der Waals surface area contributed by atoms with Gasteiger partial charge in [0.2, 0.25) is 0 Å². The van der Waals surface area contributed by atoms with Gasteiger partial charge in [-0.25, -0.2) is 0 Å². The molecule has 0 saturated carbocycles. The van der Waals surface area contributed by atoms with Gasteiger partial charge in [-0.1, -0.05) is 6.55 Å². The summed E-state index contributed by atoms with van der Waals surface area (Å²) in [6.07, 6.45) is 0. The molecule has 0 spiro atoms. The molecule has 0 heterocycles. The summed E-state index contributed by atoms with van der Waals surface area (Å²) in [6.45, 7) is 2.60. The second-order valence-corrected chi connectivity index (χ2v) is 2.78. The molecule has 0 unspecified atom stereocenters. The second kappa shape index (κ2) is 4.18. The first-order valence-electron chi connectivity index (χ1n) is 2.02. The van der Waals surface area contributed by atoms with E-state index in [1.54, 1.807) is 0 Å². The molecule has 0 aromatic heterocycles. The fourth-order valence-corrected chi connectivity index (χ4v) is 0.474. The minimum Gasteiger partial charge on any atom is -0.397 e. The zero-order chi connectivity index (χ0) is 4.12. The third-order valence-electron chi connectivity index (χ3n) is 0.512. The zero-order valence-electron chi connectivity index (χ0n) is 3.57. The van der Waals surface area contributed by atoms with E-state index in [-0.39, 0.29) is 9.52 Å². The van der Waals surface area contributed by atoms with Gasteiger partial charge in [0.25, 0.3) is 0 Å². The summed E-state index contributed by atoms with van der Waals surface area (Å²) in [4.78, 5) is 0. The number of hydrogen-bond acceptors (Lipinski definition) is 1. The number of aliphatic hydroxyl groups is 1. The monoisotopic (exact) mass is 90.1 g/mol. The SMILES string of the molecule is C[SiH2]CCO. The van der Waals surface area contributed by atoms with Crippen molar-refractivity contribution in [3.05, 3.63) is 0 Å². The van der Waals surface area contributed by atoms with Crippen molar-refractivity contribution in [2.45, 2.75) is 12.6 Å². The highest BCUT2D eigenvalue weighted by atomic mass is 28.2. The van der Waals surface area contributed by atoms with Crippen LogP contribution in [0.2, 0.25) is 12.6 Å². The fraction of sp³-hybridized carbons (Fsp3) is 1.00. The highest BCUT2D eigenvalue weighted by Gasteiger charge is 1.70. The van der Waals surface area contributed by atoms with Crippen molar-refractivity contribution in [2.75, 3.05) is 6.61 Å². The predicted molar refractivity (Wildman–Crippen MR) is 26.3 cm³/mol. The molecule has 1 N–H and O–H groups in total. The lowest BCUT2D eigenvalue weighted by atomic mass is 10.9. The number of rotatable bonds is 2. The Balaban J connectivity index is 2.19. The van der Waals surface area contributed by atoms with Gasteiger partial charge in [0.15, 0.2) is 0 Å². The third-order valence-corrected chi connectivity index (χ3v) is 1.54. The maximum Gasteiger partial charge on any atom is 0.0402 e. The van der Waals surface area contributed by atoms with Gasteiger partial charge in [0, 0.05) is 16.1 Å². The van der Waals surface area contributed by atoms with E-state index in [0.717, 1.165) is 6.04 Å². The van der Waals surface area contributed by atoms with E-state index < -0.39 is 0 Å². The highest BCUT2D eigenvalue weighted by molar-refractivity contribution is 6.33. The Morgan fingerprint density at radius 3 is 2.40 bits per heavy atom. The maximum atomic E-state index is 8.10. The van der Waals surface area contributed by atoms with Crippen molar-refractivity contribution < 1.29 is 5.11 Å². The molecule has 0 bridgehead atoms. The van der Waals surface area contributed by atoms with Crippen LogP contribution in [0.5, 0.6) is 0 Å². The van der Waals surface area contributed by atoms with Gasteiger partial charge < -0.3 is 5.11 Å². The van der Waals surface area contributed by atoms with Crippen LogP contribution in [0.1, 0.15) is 0 Å². The molecule has 0 aromatic rings. The lowest BCUT2D eigenvalue weighted by Crippen LogP contribution is -1.83. The van der Waals surface area contributed by atoms with Crippen molar-refractivity contribution in [2.24, 2.45) is 0 Å². The average molecular weight is 90.2 g/mol. The fourth-order valence-electron chi connectivity index (χ4n) is 0.158. The summed E-state index contributed by atoms with van der Waals surface area (Å²) in [5, 5.41) is 8.10. The Kier molecular flexibility index (Phi) is 4.32. The van der Waals surface area contributed by atoms with Crippen LogP contribution in [0, 0.1) is 0 Å². The molecule has 0 aliphatic heterocycles. The molecular weight excluding hydrogens is 80.1 g/mol. The third kappa shape index (κ3) is 4.18. The maximum absolute atomic E-state index is 8.10. The molecule has 0 saturated heterocycles. The van der Waals surface area contributed by atoms with E-state index in [1.165, 1.54) is 0 Å². The Morgan fingerprint density at radius 1 is 1.80 bits per heavy atom. The molecule has 0 aliphatic rings. The average Bonchev–Trinajstić information content (AvgIpc) is 1.41. The van der Waals surface area contributed by atoms with E-state index in [1.807, 2.05) is 0 Å². The van der Waals surface area contributed by atoms with Crippen molar-refractivity contribution in [1.29, 1.82) is 0 Å². The predicted octanol–water partition coefficient (Wildman–Crippen LogP) is -0.386. The summed E-state index contributed by atoms with van der Waals surface area (Å²) in [7, 11) is 0.164. The van der Waals surface area contributed by atoms with E-state index in [4.69, 9.17) is 5.11 Å². The van der Waals surface area contributed by atoms with E-state index in [2.05, 4.69) is 6.55 Å². The van der Waals surface area contributed by atoms with Crippen molar-refractivity contribution in [3.63, 3.8) is 0 Å². The van der Waals surface area contributed by atoms with Crippen LogP contribution in [-0.2, 0) is 0 Å². The van der Waals surface area contributed by atoms with Crippen LogP contribution >= 0.6 is 0 Å². The summed E-state index contributed by atoms with van der Waals surface area (Å²) < 4.78 is 0. The van der Waals surface area contributed by atoms with E-state index in [9.17, 15) is 0 Å². The van der Waals surface area contributed by atoms with Crippen molar-refractivity contribution >= 4 is 9.52 Å². The molecule has 0 radical (unpaired) electrons. The van der Waals surface area contributed by atoms with Gasteiger partial charge >= 0.3 is 0 Å². The van der Waals surface area contributed by atoms with Crippen LogP contribution in [0.3, 0.4) is 0 Å². The van der Waals surface area contributed by atoms with Crippen molar-refractivity contribution in [3.8, 4) is 0 Å². The Morgan fingerprint density at radius 2 is 2.40 bits per heavy atom. The van der Waals surface area contributed by atoms with Crippen LogP contribution in [0.25, 0.3) is 0 Å². The van der Waals surface area contributed by atoms with Crippen LogP contribution < -0.4 is 0 Å². The lowest BCUT2D eigenvalue weighted by Gasteiger charge is -1.78. The summed E-state index contributed by atoms with van der Waals surface area (Å²) >= 11 is 0. The molecule has 0 fully saturated rings. The highest BCUT2D eigenvalue weighted by Crippen LogP contribution is 1.68. The van der Waals surface area contributed by atoms with E-state index >= 15 is 0 Å². The molecule has 0 rings (SSSR count). The molecule has 2 heteroatoms. The van der Waals surface area contributed by atoms with Crippen LogP contribution in [-0.4, -0.2) is 21.2 Å². The molecule has 0 amide bonds. The smallest absolute Gasteiger partial charge is 0.0402 e. The van der Waals surface area contributed by atoms with E-state index in [0.29, 0.717) is 6.61 Å². The minimum absolute atomic E-state index is 0.164. The van der Waals surface area contributed by atoms with Crippen LogP contribution in [0.4, 0.5) is 0 Å². The molecular formula is C3H10OSi. The Labute approximate surface area is 34.8 Å². The summed E-state index contributed by atoms with van der Waals surface area (Å²) in [6, 6.07) is 1.08.